The molecule has 1 aliphatic rings. The van der Waals surface area contributed by atoms with Gasteiger partial charge in [-0.1, -0.05) is 19.9 Å². The van der Waals surface area contributed by atoms with Crippen molar-refractivity contribution in [2.24, 2.45) is 0 Å². The van der Waals surface area contributed by atoms with Crippen LogP contribution in [0.5, 0.6) is 5.75 Å². The molecule has 1 aromatic carbocycles. The largest absolute Gasteiger partial charge is 0.493 e. The van der Waals surface area contributed by atoms with Crippen LogP contribution in [0.2, 0.25) is 0 Å². The van der Waals surface area contributed by atoms with Crippen LogP contribution in [0.25, 0.3) is 27.8 Å². The average molecular weight is 561 g/mol. The zero-order valence-electron chi connectivity index (χ0n) is 25.0. The van der Waals surface area contributed by atoms with Crippen molar-refractivity contribution in [1.82, 2.24) is 19.3 Å². The van der Waals surface area contributed by atoms with Gasteiger partial charge >= 0.3 is 12.1 Å². The topological polar surface area (TPSA) is 98.2 Å². The summed E-state index contributed by atoms with van der Waals surface area (Å²) in [4.78, 5) is 34.8. The van der Waals surface area contributed by atoms with Crippen molar-refractivity contribution >= 4 is 28.6 Å². The number of likely N-dealkylation sites (tertiary alicyclic amines) is 1. The van der Waals surface area contributed by atoms with Crippen molar-refractivity contribution in [3.63, 3.8) is 0 Å². The Morgan fingerprint density at radius 3 is 2.49 bits per heavy atom. The summed E-state index contributed by atoms with van der Waals surface area (Å²) in [6.07, 6.45) is 5.21. The Labute approximate surface area is 240 Å². The number of amides is 1. The first-order valence-electron chi connectivity index (χ1n) is 14.4. The number of fused-ring (bicyclic) bond motifs is 2. The highest BCUT2D eigenvalue weighted by atomic mass is 16.6. The summed E-state index contributed by atoms with van der Waals surface area (Å²) in [6, 6.07) is 8.63. The van der Waals surface area contributed by atoms with Crippen molar-refractivity contribution in [3.05, 3.63) is 53.5 Å². The fourth-order valence-corrected chi connectivity index (χ4v) is 5.69. The number of esters is 1. The number of carbonyl (C=O) groups excluding carboxylic acids is 2. The summed E-state index contributed by atoms with van der Waals surface area (Å²) in [7, 11) is 1.60. The number of methoxy groups -OCH3 is 1. The van der Waals surface area contributed by atoms with E-state index in [4.69, 9.17) is 14.2 Å². The summed E-state index contributed by atoms with van der Waals surface area (Å²) in [5.41, 5.74) is 5.83. The number of nitrogens with one attached hydrogen (secondary N) is 1. The number of H-pyrrole nitrogens is 1. The molecule has 0 radical (unpaired) electrons. The number of imidazole rings is 1. The van der Waals surface area contributed by atoms with Crippen LogP contribution in [0.1, 0.15) is 87.8 Å². The van der Waals surface area contributed by atoms with Gasteiger partial charge < -0.3 is 28.5 Å². The summed E-state index contributed by atoms with van der Waals surface area (Å²) in [5, 5.41) is 1.19. The van der Waals surface area contributed by atoms with E-state index in [-0.39, 0.29) is 24.3 Å². The van der Waals surface area contributed by atoms with Crippen LogP contribution in [-0.4, -0.2) is 63.7 Å². The molecule has 1 saturated heterocycles. The Kier molecular flexibility index (Phi) is 7.72. The van der Waals surface area contributed by atoms with Gasteiger partial charge in [-0.15, -0.1) is 0 Å². The van der Waals surface area contributed by atoms with Crippen LogP contribution in [-0.2, 0) is 9.47 Å². The zero-order valence-corrected chi connectivity index (χ0v) is 25.0. The molecule has 0 atom stereocenters. The van der Waals surface area contributed by atoms with Gasteiger partial charge in [-0.25, -0.2) is 14.6 Å². The fourth-order valence-electron chi connectivity index (χ4n) is 5.69. The van der Waals surface area contributed by atoms with Gasteiger partial charge in [0.1, 0.15) is 5.60 Å². The molecule has 4 heterocycles. The molecule has 1 amide bonds. The number of aromatic amines is 1. The van der Waals surface area contributed by atoms with Crippen molar-refractivity contribution in [1.29, 1.82) is 0 Å². The number of hydrogen-bond donors (Lipinski definition) is 1. The highest BCUT2D eigenvalue weighted by Gasteiger charge is 2.28. The van der Waals surface area contributed by atoms with E-state index in [1.165, 1.54) is 16.5 Å². The quantitative estimate of drug-likeness (QED) is 0.258. The maximum Gasteiger partial charge on any atom is 0.410 e. The number of rotatable bonds is 6. The van der Waals surface area contributed by atoms with E-state index >= 15 is 0 Å². The molecule has 0 unspecified atom stereocenters. The molecule has 0 bridgehead atoms. The standard InChI is InChI=1S/C32H40N4O5/c1-8-40-30(37)25-18-36-17-22(16-26(39-7)29(36)34-25)28-27(19(2)3)23-15-21(9-10-24(23)33-28)20-11-13-35(14-12-20)31(38)41-32(4,5)6/h9-10,15-20,33H,8,11-14H2,1-7H3. The van der Waals surface area contributed by atoms with Gasteiger partial charge in [-0.05, 0) is 81.7 Å². The third kappa shape index (κ3) is 5.76. The van der Waals surface area contributed by atoms with E-state index in [1.807, 2.05) is 42.3 Å². The molecule has 5 rings (SSSR count). The Morgan fingerprint density at radius 2 is 1.85 bits per heavy atom. The second-order valence-electron chi connectivity index (χ2n) is 12.0. The molecule has 4 aromatic rings. The van der Waals surface area contributed by atoms with Gasteiger partial charge in [0, 0.05) is 41.9 Å². The molecule has 0 saturated carbocycles. The summed E-state index contributed by atoms with van der Waals surface area (Å²) in [5.74, 6) is 0.740. The number of ether oxygens (including phenoxy) is 3. The normalized spacial score (nSPS) is 14.7. The third-order valence-corrected chi connectivity index (χ3v) is 7.57. The van der Waals surface area contributed by atoms with Gasteiger partial charge in [0.05, 0.1) is 19.4 Å². The van der Waals surface area contributed by atoms with E-state index in [0.29, 0.717) is 30.4 Å². The Hall–Kier alpha value is -4.01. The van der Waals surface area contributed by atoms with E-state index in [2.05, 4.69) is 42.0 Å². The Balaban J connectivity index is 1.47. The number of carbonyl (C=O) groups is 2. The molecule has 1 aliphatic heterocycles. The summed E-state index contributed by atoms with van der Waals surface area (Å²) < 4.78 is 18.2. The van der Waals surface area contributed by atoms with Crippen LogP contribution in [0.4, 0.5) is 4.79 Å². The molecular weight excluding hydrogens is 520 g/mol. The lowest BCUT2D eigenvalue weighted by molar-refractivity contribution is 0.0204. The molecule has 0 aliphatic carbocycles. The van der Waals surface area contributed by atoms with Crippen LogP contribution in [0.15, 0.2) is 36.7 Å². The second-order valence-corrected chi connectivity index (χ2v) is 12.0. The Morgan fingerprint density at radius 1 is 1.12 bits per heavy atom. The number of nitrogens with zero attached hydrogens (tertiary/aromatic N) is 3. The molecule has 9 heteroatoms. The van der Waals surface area contributed by atoms with Crippen LogP contribution >= 0.6 is 0 Å². The number of hydrogen-bond acceptors (Lipinski definition) is 6. The van der Waals surface area contributed by atoms with E-state index < -0.39 is 11.6 Å². The highest BCUT2D eigenvalue weighted by molar-refractivity contribution is 5.93. The van der Waals surface area contributed by atoms with Gasteiger partial charge in [0.25, 0.3) is 0 Å². The highest BCUT2D eigenvalue weighted by Crippen LogP contribution is 2.39. The summed E-state index contributed by atoms with van der Waals surface area (Å²) in [6.45, 7) is 13.5. The van der Waals surface area contributed by atoms with Crippen LogP contribution < -0.4 is 4.74 Å². The number of piperidine rings is 1. The molecule has 3 aromatic heterocycles. The van der Waals surface area contributed by atoms with Gasteiger partial charge in [-0.2, -0.15) is 0 Å². The van der Waals surface area contributed by atoms with Gasteiger partial charge in [0.15, 0.2) is 17.1 Å². The number of pyridine rings is 1. The predicted molar refractivity (Wildman–Crippen MR) is 159 cm³/mol. The zero-order chi connectivity index (χ0) is 29.5. The monoisotopic (exact) mass is 560 g/mol. The van der Waals surface area contributed by atoms with Gasteiger partial charge in [0.2, 0.25) is 0 Å². The lowest BCUT2D eigenvalue weighted by Crippen LogP contribution is -2.41. The minimum absolute atomic E-state index is 0.233. The van der Waals surface area contributed by atoms with E-state index in [0.717, 1.165) is 29.6 Å². The maximum absolute atomic E-state index is 12.5. The summed E-state index contributed by atoms with van der Waals surface area (Å²) >= 11 is 0. The molecule has 41 heavy (non-hydrogen) atoms. The van der Waals surface area contributed by atoms with Crippen LogP contribution in [0, 0.1) is 0 Å². The molecule has 1 fully saturated rings. The van der Waals surface area contributed by atoms with Crippen molar-refractivity contribution in [2.45, 2.75) is 71.8 Å². The van der Waals surface area contributed by atoms with Crippen molar-refractivity contribution in [3.8, 4) is 17.0 Å². The molecule has 9 nitrogen and oxygen atoms in total. The average Bonchev–Trinajstić information content (AvgIpc) is 3.53. The molecule has 0 spiro atoms. The van der Waals surface area contributed by atoms with E-state index in [9.17, 15) is 9.59 Å². The SMILES string of the molecule is CCOC(=O)c1cn2cc(-c3[nH]c4ccc(C5CCN(C(=O)OC(C)(C)C)CC5)cc4c3C(C)C)cc(OC)c2n1. The molecule has 1 N–H and O–H groups in total. The first-order valence-corrected chi connectivity index (χ1v) is 14.4. The lowest BCUT2D eigenvalue weighted by atomic mass is 9.87. The first kappa shape index (κ1) is 28.5. The minimum atomic E-state index is -0.492. The smallest absolute Gasteiger partial charge is 0.410 e. The van der Waals surface area contributed by atoms with Gasteiger partial charge in [-0.3, -0.25) is 0 Å². The Bertz CT molecular complexity index is 1590. The molecular formula is C32H40N4O5. The maximum atomic E-state index is 12.5. The third-order valence-electron chi connectivity index (χ3n) is 7.57. The minimum Gasteiger partial charge on any atom is -0.493 e. The fraction of sp³-hybridized carbons (Fsp3) is 0.469. The van der Waals surface area contributed by atoms with Crippen molar-refractivity contribution < 1.29 is 23.8 Å². The molecule has 218 valence electrons. The lowest BCUT2D eigenvalue weighted by Gasteiger charge is -2.33. The first-order chi connectivity index (χ1) is 19.5. The van der Waals surface area contributed by atoms with Crippen molar-refractivity contribution in [2.75, 3.05) is 26.8 Å². The number of benzene rings is 1. The number of aromatic nitrogens is 3. The van der Waals surface area contributed by atoms with E-state index in [1.54, 1.807) is 20.2 Å². The second kappa shape index (κ2) is 11.1. The predicted octanol–water partition coefficient (Wildman–Crippen LogP) is 6.91. The van der Waals surface area contributed by atoms with Crippen LogP contribution in [0.3, 0.4) is 0 Å².